The molecular weight excluding hydrogens is 230 g/mol. The topological polar surface area (TPSA) is 63.2 Å². The van der Waals surface area contributed by atoms with Crippen LogP contribution in [0, 0.1) is 0 Å². The molecule has 1 aliphatic heterocycles. The number of rotatable bonds is 3. The summed E-state index contributed by atoms with van der Waals surface area (Å²) in [6.07, 6.45) is 3.70. The molecule has 0 saturated carbocycles. The molecule has 2 rings (SSSR count). The minimum absolute atomic E-state index is 0.0347. The van der Waals surface area contributed by atoms with Crippen LogP contribution in [-0.4, -0.2) is 36.7 Å². The van der Waals surface area contributed by atoms with E-state index < -0.39 is 0 Å². The smallest absolute Gasteiger partial charge is 0.338 e. The third-order valence-corrected chi connectivity index (χ3v) is 3.32. The van der Waals surface area contributed by atoms with E-state index in [0.29, 0.717) is 5.56 Å². The molecule has 0 bridgehead atoms. The van der Waals surface area contributed by atoms with Gasteiger partial charge in [-0.25, -0.2) is 9.78 Å². The highest BCUT2D eigenvalue weighted by Gasteiger charge is 2.26. The van der Waals surface area contributed by atoms with Crippen LogP contribution in [0.2, 0.25) is 0 Å². The molecule has 0 aromatic carbocycles. The highest BCUT2D eigenvalue weighted by atomic mass is 16.5. The van der Waals surface area contributed by atoms with E-state index in [1.807, 2.05) is 0 Å². The molecule has 5 nitrogen and oxygen atoms in total. The van der Waals surface area contributed by atoms with E-state index in [0.717, 1.165) is 31.7 Å². The first-order chi connectivity index (χ1) is 8.63. The van der Waals surface area contributed by atoms with Crippen molar-refractivity contribution < 1.29 is 9.53 Å². The van der Waals surface area contributed by atoms with Gasteiger partial charge in [-0.2, -0.15) is 0 Å². The number of piperidine rings is 1. The molecule has 0 aliphatic carbocycles. The van der Waals surface area contributed by atoms with Crippen LogP contribution in [0.4, 0.5) is 5.82 Å². The van der Waals surface area contributed by atoms with Crippen molar-refractivity contribution in [3.8, 4) is 0 Å². The van der Waals surface area contributed by atoms with E-state index >= 15 is 0 Å². The van der Waals surface area contributed by atoms with Gasteiger partial charge in [-0.1, -0.05) is 0 Å². The Balaban J connectivity index is 2.11. The van der Waals surface area contributed by atoms with Gasteiger partial charge in [0.2, 0.25) is 0 Å². The summed E-state index contributed by atoms with van der Waals surface area (Å²) in [6.45, 7) is 4.18. The lowest BCUT2D eigenvalue weighted by molar-refractivity contribution is 0.0600. The summed E-state index contributed by atoms with van der Waals surface area (Å²) in [5.41, 5.74) is 0.556. The Hall–Kier alpha value is -1.62. The van der Waals surface area contributed by atoms with E-state index in [1.54, 1.807) is 18.3 Å². The van der Waals surface area contributed by atoms with Crippen molar-refractivity contribution in [3.05, 3.63) is 23.9 Å². The first-order valence-corrected chi connectivity index (χ1v) is 6.16. The Morgan fingerprint density at radius 2 is 2.22 bits per heavy atom. The van der Waals surface area contributed by atoms with Gasteiger partial charge in [0, 0.05) is 11.7 Å². The fourth-order valence-corrected chi connectivity index (χ4v) is 2.16. The van der Waals surface area contributed by atoms with Gasteiger partial charge in [-0.3, -0.25) is 0 Å². The number of nitrogens with zero attached hydrogens (tertiary/aromatic N) is 1. The Morgan fingerprint density at radius 1 is 1.50 bits per heavy atom. The van der Waals surface area contributed by atoms with Gasteiger partial charge < -0.3 is 15.4 Å². The quantitative estimate of drug-likeness (QED) is 0.793. The van der Waals surface area contributed by atoms with Gasteiger partial charge in [0.1, 0.15) is 5.82 Å². The third kappa shape index (κ3) is 2.98. The Bertz CT molecular complexity index is 428. The number of aromatic nitrogens is 1. The zero-order valence-corrected chi connectivity index (χ0v) is 10.8. The second kappa shape index (κ2) is 5.35. The number of carbonyl (C=O) groups excluding carboxylic acids is 1. The molecule has 2 heterocycles. The summed E-state index contributed by atoms with van der Waals surface area (Å²) in [4.78, 5) is 15.7. The standard InChI is InChI=1S/C13H19N3O2/c1-13(4-7-14-8-5-13)16-11-9-10(3-6-15-11)12(17)18-2/h3,6,9,14H,4-5,7-8H2,1-2H3,(H,15,16). The summed E-state index contributed by atoms with van der Waals surface area (Å²) >= 11 is 0. The van der Waals surface area contributed by atoms with Gasteiger partial charge in [-0.15, -0.1) is 0 Å². The minimum Gasteiger partial charge on any atom is -0.465 e. The van der Waals surface area contributed by atoms with Crippen molar-refractivity contribution in [2.75, 3.05) is 25.5 Å². The van der Waals surface area contributed by atoms with Gasteiger partial charge in [0.15, 0.2) is 0 Å². The van der Waals surface area contributed by atoms with Crippen LogP contribution in [0.3, 0.4) is 0 Å². The second-order valence-corrected chi connectivity index (χ2v) is 4.86. The van der Waals surface area contributed by atoms with E-state index in [-0.39, 0.29) is 11.5 Å². The number of hydrogen-bond acceptors (Lipinski definition) is 5. The molecule has 1 fully saturated rings. The second-order valence-electron chi connectivity index (χ2n) is 4.86. The van der Waals surface area contributed by atoms with Crippen molar-refractivity contribution in [1.82, 2.24) is 10.3 Å². The maximum Gasteiger partial charge on any atom is 0.338 e. The maximum atomic E-state index is 11.4. The molecule has 98 valence electrons. The molecule has 1 aliphatic rings. The minimum atomic E-state index is -0.337. The van der Waals surface area contributed by atoms with Gasteiger partial charge >= 0.3 is 5.97 Å². The van der Waals surface area contributed by atoms with Crippen LogP contribution < -0.4 is 10.6 Å². The molecular formula is C13H19N3O2. The molecule has 1 aromatic heterocycles. The number of ether oxygens (including phenoxy) is 1. The van der Waals surface area contributed by atoms with Gasteiger partial charge in [-0.05, 0) is 45.0 Å². The van der Waals surface area contributed by atoms with Crippen molar-refractivity contribution >= 4 is 11.8 Å². The monoisotopic (exact) mass is 249 g/mol. The molecule has 0 atom stereocenters. The molecule has 5 heteroatoms. The highest BCUT2D eigenvalue weighted by Crippen LogP contribution is 2.23. The number of hydrogen-bond donors (Lipinski definition) is 2. The normalized spacial score (nSPS) is 18.1. The van der Waals surface area contributed by atoms with Crippen LogP contribution in [0.1, 0.15) is 30.1 Å². The fourth-order valence-electron chi connectivity index (χ4n) is 2.16. The van der Waals surface area contributed by atoms with E-state index in [2.05, 4.69) is 22.5 Å². The van der Waals surface area contributed by atoms with E-state index in [4.69, 9.17) is 4.74 Å². The molecule has 0 amide bonds. The summed E-state index contributed by atoms with van der Waals surface area (Å²) < 4.78 is 4.70. The SMILES string of the molecule is COC(=O)c1ccnc(NC2(C)CCNCC2)c1. The van der Waals surface area contributed by atoms with Crippen molar-refractivity contribution in [2.45, 2.75) is 25.3 Å². The summed E-state index contributed by atoms with van der Waals surface area (Å²) in [5, 5.41) is 6.75. The van der Waals surface area contributed by atoms with Crippen LogP contribution in [0.15, 0.2) is 18.3 Å². The van der Waals surface area contributed by atoms with Crippen LogP contribution in [0.5, 0.6) is 0 Å². The first kappa shape index (κ1) is 12.8. The van der Waals surface area contributed by atoms with Gasteiger partial charge in [0.25, 0.3) is 0 Å². The summed E-state index contributed by atoms with van der Waals surface area (Å²) in [6, 6.07) is 3.39. The van der Waals surface area contributed by atoms with Crippen molar-refractivity contribution in [2.24, 2.45) is 0 Å². The van der Waals surface area contributed by atoms with Crippen LogP contribution >= 0.6 is 0 Å². The Kier molecular flexibility index (Phi) is 3.81. The summed E-state index contributed by atoms with van der Waals surface area (Å²) in [5.74, 6) is 0.387. The Labute approximate surface area is 107 Å². The molecule has 0 unspecified atom stereocenters. The molecule has 0 radical (unpaired) electrons. The third-order valence-electron chi connectivity index (χ3n) is 3.32. The predicted octanol–water partition coefficient (Wildman–Crippen LogP) is 1.42. The van der Waals surface area contributed by atoms with Gasteiger partial charge in [0.05, 0.1) is 12.7 Å². The highest BCUT2D eigenvalue weighted by molar-refractivity contribution is 5.90. The zero-order valence-electron chi connectivity index (χ0n) is 10.8. The number of methoxy groups -OCH3 is 1. The predicted molar refractivity (Wildman–Crippen MR) is 69.7 cm³/mol. The van der Waals surface area contributed by atoms with Crippen LogP contribution in [-0.2, 0) is 4.74 Å². The number of nitrogens with one attached hydrogen (secondary N) is 2. The maximum absolute atomic E-state index is 11.4. The number of esters is 1. The zero-order chi connectivity index (χ0) is 13.0. The van der Waals surface area contributed by atoms with Crippen LogP contribution in [0.25, 0.3) is 0 Å². The lowest BCUT2D eigenvalue weighted by Gasteiger charge is -2.35. The number of pyridine rings is 1. The van der Waals surface area contributed by atoms with Crippen molar-refractivity contribution in [1.29, 1.82) is 0 Å². The lowest BCUT2D eigenvalue weighted by atomic mass is 9.90. The summed E-state index contributed by atoms with van der Waals surface area (Å²) in [7, 11) is 1.38. The lowest BCUT2D eigenvalue weighted by Crippen LogP contribution is -2.45. The molecule has 18 heavy (non-hydrogen) atoms. The molecule has 1 saturated heterocycles. The largest absolute Gasteiger partial charge is 0.465 e. The fraction of sp³-hybridized carbons (Fsp3) is 0.538. The number of carbonyl (C=O) groups is 1. The average Bonchev–Trinajstić information content (AvgIpc) is 2.38. The number of anilines is 1. The van der Waals surface area contributed by atoms with E-state index in [9.17, 15) is 4.79 Å². The average molecular weight is 249 g/mol. The van der Waals surface area contributed by atoms with Crippen molar-refractivity contribution in [3.63, 3.8) is 0 Å². The molecule has 0 spiro atoms. The molecule has 2 N–H and O–H groups in total. The van der Waals surface area contributed by atoms with E-state index in [1.165, 1.54) is 7.11 Å². The first-order valence-electron chi connectivity index (χ1n) is 6.16. The Morgan fingerprint density at radius 3 is 2.89 bits per heavy atom. The molecule has 1 aromatic rings.